The number of hydrogen-bond acceptors (Lipinski definition) is 2. The summed E-state index contributed by atoms with van der Waals surface area (Å²) in [5.41, 5.74) is 0.424. The lowest BCUT2D eigenvalue weighted by Gasteiger charge is -2.42. The van der Waals surface area contributed by atoms with Gasteiger partial charge in [0.1, 0.15) is 0 Å². The number of nitrogens with zero attached hydrogens (tertiary/aromatic N) is 1. The Morgan fingerprint density at radius 1 is 1.26 bits per heavy atom. The van der Waals surface area contributed by atoms with Crippen LogP contribution in [0.4, 0.5) is 13.2 Å². The van der Waals surface area contributed by atoms with Crippen LogP contribution < -0.4 is 5.32 Å². The number of rotatable bonds is 3. The Kier molecular flexibility index (Phi) is 4.12. The number of nitrogens with one attached hydrogen (secondary N) is 1. The van der Waals surface area contributed by atoms with E-state index in [1.165, 1.54) is 0 Å². The lowest BCUT2D eigenvalue weighted by molar-refractivity contribution is -0.192. The minimum absolute atomic E-state index is 0.0131. The van der Waals surface area contributed by atoms with Crippen molar-refractivity contribution < 1.29 is 18.0 Å². The normalized spacial score (nSPS) is 26.6. The maximum Gasteiger partial charge on any atom is 0.471 e. The van der Waals surface area contributed by atoms with Crippen LogP contribution in [0.3, 0.4) is 0 Å². The third-order valence-electron chi connectivity index (χ3n) is 4.96. The van der Waals surface area contributed by atoms with Gasteiger partial charge in [-0.1, -0.05) is 30.3 Å². The van der Waals surface area contributed by atoms with Crippen molar-refractivity contribution in [3.8, 4) is 0 Å². The van der Waals surface area contributed by atoms with Gasteiger partial charge in [-0.3, -0.25) is 4.79 Å². The van der Waals surface area contributed by atoms with E-state index in [9.17, 15) is 18.0 Å². The van der Waals surface area contributed by atoms with Crippen LogP contribution in [0.2, 0.25) is 0 Å². The molecule has 1 heterocycles. The van der Waals surface area contributed by atoms with E-state index < -0.39 is 17.6 Å². The first-order chi connectivity index (χ1) is 10.8. The van der Waals surface area contributed by atoms with Gasteiger partial charge in [-0.15, -0.1) is 0 Å². The minimum Gasteiger partial charge on any atom is -0.326 e. The molecule has 1 saturated heterocycles. The number of hydrogen-bond donors (Lipinski definition) is 1. The molecule has 3 rings (SSSR count). The zero-order chi connectivity index (χ0) is 16.7. The first-order valence-electron chi connectivity index (χ1n) is 8.00. The van der Waals surface area contributed by atoms with Crippen molar-refractivity contribution in [3.05, 3.63) is 35.9 Å². The van der Waals surface area contributed by atoms with Crippen molar-refractivity contribution in [3.63, 3.8) is 0 Å². The lowest BCUT2D eigenvalue weighted by atomic mass is 9.91. The monoisotopic (exact) mass is 326 g/mol. The summed E-state index contributed by atoms with van der Waals surface area (Å²) in [6.45, 7) is 2.37. The quantitative estimate of drug-likeness (QED) is 0.923. The van der Waals surface area contributed by atoms with Gasteiger partial charge in [0.05, 0.1) is 0 Å². The van der Waals surface area contributed by atoms with Gasteiger partial charge in [0.25, 0.3) is 0 Å². The van der Waals surface area contributed by atoms with Crippen LogP contribution >= 0.6 is 0 Å². The average molecular weight is 326 g/mol. The molecule has 2 atom stereocenters. The molecule has 0 radical (unpaired) electrons. The first kappa shape index (κ1) is 16.3. The van der Waals surface area contributed by atoms with E-state index >= 15 is 0 Å². The SMILES string of the molecule is CC1(N(C(=O)C(F)(F)F)[C@@H]2CCN[C@H](c3ccccc3)C2)CC1. The molecule has 1 saturated carbocycles. The zero-order valence-electron chi connectivity index (χ0n) is 13.1. The first-order valence-corrected chi connectivity index (χ1v) is 8.00. The molecule has 1 aromatic rings. The second-order valence-corrected chi connectivity index (χ2v) is 6.77. The fourth-order valence-corrected chi connectivity index (χ4v) is 3.48. The van der Waals surface area contributed by atoms with Gasteiger partial charge < -0.3 is 10.2 Å². The smallest absolute Gasteiger partial charge is 0.326 e. The molecule has 1 N–H and O–H groups in total. The summed E-state index contributed by atoms with van der Waals surface area (Å²) >= 11 is 0. The number of carbonyl (C=O) groups excluding carboxylic acids is 1. The molecule has 0 aromatic heterocycles. The molecular formula is C17H21F3N2O. The van der Waals surface area contributed by atoms with E-state index in [0.29, 0.717) is 32.2 Å². The third-order valence-corrected chi connectivity index (χ3v) is 4.96. The Bertz CT molecular complexity index is 569. The molecule has 1 aliphatic heterocycles. The van der Waals surface area contributed by atoms with Crippen LogP contribution in [0.5, 0.6) is 0 Å². The number of alkyl halides is 3. The van der Waals surface area contributed by atoms with Crippen LogP contribution in [-0.4, -0.2) is 35.1 Å². The minimum atomic E-state index is -4.81. The number of benzene rings is 1. The summed E-state index contributed by atoms with van der Waals surface area (Å²) in [7, 11) is 0. The number of piperidine rings is 1. The van der Waals surface area contributed by atoms with E-state index in [2.05, 4.69) is 5.32 Å². The van der Waals surface area contributed by atoms with E-state index in [4.69, 9.17) is 0 Å². The zero-order valence-corrected chi connectivity index (χ0v) is 13.1. The average Bonchev–Trinajstić information content (AvgIpc) is 3.26. The van der Waals surface area contributed by atoms with Crippen LogP contribution in [0.15, 0.2) is 30.3 Å². The Morgan fingerprint density at radius 2 is 1.91 bits per heavy atom. The summed E-state index contributed by atoms with van der Waals surface area (Å²) < 4.78 is 39.1. The van der Waals surface area contributed by atoms with Crippen molar-refractivity contribution in [1.82, 2.24) is 10.2 Å². The van der Waals surface area contributed by atoms with Crippen LogP contribution in [0.1, 0.15) is 44.2 Å². The van der Waals surface area contributed by atoms with Crippen molar-refractivity contribution in [2.75, 3.05) is 6.54 Å². The van der Waals surface area contributed by atoms with Gasteiger partial charge in [0.2, 0.25) is 0 Å². The second-order valence-electron chi connectivity index (χ2n) is 6.77. The van der Waals surface area contributed by atoms with Crippen molar-refractivity contribution >= 4 is 5.91 Å². The number of amides is 1. The van der Waals surface area contributed by atoms with Gasteiger partial charge in [-0.25, -0.2) is 0 Å². The maximum atomic E-state index is 13.0. The van der Waals surface area contributed by atoms with Crippen molar-refractivity contribution in [1.29, 1.82) is 0 Å². The Hall–Kier alpha value is -1.56. The molecule has 3 nitrogen and oxygen atoms in total. The molecule has 0 bridgehead atoms. The van der Waals surface area contributed by atoms with E-state index in [1.807, 2.05) is 30.3 Å². The highest BCUT2D eigenvalue weighted by molar-refractivity contribution is 5.83. The predicted molar refractivity (Wildman–Crippen MR) is 80.7 cm³/mol. The van der Waals surface area contributed by atoms with Crippen molar-refractivity contribution in [2.45, 2.75) is 56.4 Å². The van der Waals surface area contributed by atoms with Gasteiger partial charge in [0.15, 0.2) is 0 Å². The highest BCUT2D eigenvalue weighted by Crippen LogP contribution is 2.46. The summed E-state index contributed by atoms with van der Waals surface area (Å²) in [5, 5.41) is 3.35. The second kappa shape index (κ2) is 5.82. The van der Waals surface area contributed by atoms with Gasteiger partial charge >= 0.3 is 12.1 Å². The van der Waals surface area contributed by atoms with Crippen LogP contribution in [-0.2, 0) is 4.79 Å². The highest BCUT2D eigenvalue weighted by Gasteiger charge is 2.55. The molecule has 1 amide bonds. The summed E-state index contributed by atoms with van der Waals surface area (Å²) in [5.74, 6) is -1.68. The van der Waals surface area contributed by atoms with Crippen molar-refractivity contribution in [2.24, 2.45) is 0 Å². The summed E-state index contributed by atoms with van der Waals surface area (Å²) in [4.78, 5) is 13.1. The van der Waals surface area contributed by atoms with E-state index in [-0.39, 0.29) is 12.1 Å². The third kappa shape index (κ3) is 3.37. The Morgan fingerprint density at radius 3 is 2.48 bits per heavy atom. The number of halogens is 3. The Labute approximate surface area is 133 Å². The van der Waals surface area contributed by atoms with Gasteiger partial charge in [-0.2, -0.15) is 13.2 Å². The standard InChI is InChI=1S/C17H21F3N2O/c1-16(8-9-16)22(15(23)17(18,19)20)13-7-10-21-14(11-13)12-5-3-2-4-6-12/h2-6,13-14,21H,7-11H2,1H3/t13-,14+/m1/s1. The fourth-order valence-electron chi connectivity index (χ4n) is 3.48. The fraction of sp³-hybridized carbons (Fsp3) is 0.588. The molecule has 6 heteroatoms. The largest absolute Gasteiger partial charge is 0.471 e. The summed E-state index contributed by atoms with van der Waals surface area (Å²) in [6.07, 6.45) is -2.44. The van der Waals surface area contributed by atoms with E-state index in [0.717, 1.165) is 10.5 Å². The molecule has 2 fully saturated rings. The molecule has 1 aliphatic carbocycles. The molecule has 1 aromatic carbocycles. The molecule has 0 unspecified atom stereocenters. The molecule has 2 aliphatic rings. The predicted octanol–water partition coefficient (Wildman–Crippen LogP) is 3.42. The lowest BCUT2D eigenvalue weighted by Crippen LogP contribution is -2.55. The topological polar surface area (TPSA) is 32.3 Å². The van der Waals surface area contributed by atoms with E-state index in [1.54, 1.807) is 6.92 Å². The maximum absolute atomic E-state index is 13.0. The van der Waals surface area contributed by atoms with Crippen LogP contribution in [0, 0.1) is 0 Å². The molecule has 126 valence electrons. The molecule has 0 spiro atoms. The Balaban J connectivity index is 1.81. The number of carbonyl (C=O) groups is 1. The highest BCUT2D eigenvalue weighted by atomic mass is 19.4. The summed E-state index contributed by atoms with van der Waals surface area (Å²) in [6, 6.07) is 9.30. The van der Waals surface area contributed by atoms with Gasteiger partial charge in [-0.05, 0) is 44.7 Å². The van der Waals surface area contributed by atoms with Crippen LogP contribution in [0.25, 0.3) is 0 Å². The molecule has 23 heavy (non-hydrogen) atoms. The van der Waals surface area contributed by atoms with Gasteiger partial charge in [0, 0.05) is 17.6 Å². The molecular weight excluding hydrogens is 305 g/mol.